The predicted octanol–water partition coefficient (Wildman–Crippen LogP) is 5.25. The van der Waals surface area contributed by atoms with Crippen LogP contribution >= 0.6 is 11.6 Å². The van der Waals surface area contributed by atoms with E-state index in [4.69, 9.17) is 11.6 Å². The standard InChI is InChI=1S/C18H15ClF3NO/c1-12(14-5-3-2-4-6-14)23-17(24)10-8-13-7-9-16(19)15(11-13)18(20,21)22/h2-12H,1H3,(H,23,24)/b10-8+. The number of carbonyl (C=O) groups is 1. The Hall–Kier alpha value is -2.27. The molecule has 0 fully saturated rings. The van der Waals surface area contributed by atoms with Gasteiger partial charge in [0, 0.05) is 6.08 Å². The zero-order valence-corrected chi connectivity index (χ0v) is 13.5. The number of hydrogen-bond donors (Lipinski definition) is 1. The molecule has 0 radical (unpaired) electrons. The van der Waals surface area contributed by atoms with Gasteiger partial charge in [-0.05, 0) is 36.3 Å². The van der Waals surface area contributed by atoms with Crippen molar-refractivity contribution in [1.29, 1.82) is 0 Å². The smallest absolute Gasteiger partial charge is 0.346 e. The third-order valence-corrected chi connectivity index (χ3v) is 3.71. The molecule has 0 aliphatic rings. The Morgan fingerprint density at radius 1 is 1.17 bits per heavy atom. The largest absolute Gasteiger partial charge is 0.417 e. The van der Waals surface area contributed by atoms with Gasteiger partial charge in [-0.3, -0.25) is 4.79 Å². The average molecular weight is 354 g/mol. The summed E-state index contributed by atoms with van der Waals surface area (Å²) in [5.41, 5.74) is 0.253. The third-order valence-electron chi connectivity index (χ3n) is 3.38. The van der Waals surface area contributed by atoms with Crippen LogP contribution in [0.2, 0.25) is 5.02 Å². The lowest BCUT2D eigenvalue weighted by atomic mass is 10.1. The van der Waals surface area contributed by atoms with Crippen molar-refractivity contribution in [2.24, 2.45) is 0 Å². The molecule has 24 heavy (non-hydrogen) atoms. The van der Waals surface area contributed by atoms with Gasteiger partial charge in [-0.25, -0.2) is 0 Å². The van der Waals surface area contributed by atoms with Crippen LogP contribution in [0.3, 0.4) is 0 Å². The predicted molar refractivity (Wildman–Crippen MR) is 88.5 cm³/mol. The first-order valence-electron chi connectivity index (χ1n) is 7.17. The number of nitrogens with one attached hydrogen (secondary N) is 1. The maximum atomic E-state index is 12.8. The van der Waals surface area contributed by atoms with Crippen LogP contribution in [0.25, 0.3) is 6.08 Å². The zero-order chi connectivity index (χ0) is 17.7. The summed E-state index contributed by atoms with van der Waals surface area (Å²) in [5.74, 6) is -0.394. The lowest BCUT2D eigenvalue weighted by molar-refractivity contribution is -0.137. The van der Waals surface area contributed by atoms with Crippen LogP contribution in [0.15, 0.2) is 54.6 Å². The molecule has 0 aliphatic carbocycles. The van der Waals surface area contributed by atoms with E-state index in [2.05, 4.69) is 5.32 Å². The summed E-state index contributed by atoms with van der Waals surface area (Å²) in [6.07, 6.45) is -2.02. The molecular formula is C18H15ClF3NO. The van der Waals surface area contributed by atoms with Crippen molar-refractivity contribution in [3.8, 4) is 0 Å². The van der Waals surface area contributed by atoms with E-state index in [0.717, 1.165) is 17.7 Å². The number of benzene rings is 2. The van der Waals surface area contributed by atoms with Gasteiger partial charge in [-0.1, -0.05) is 48.0 Å². The van der Waals surface area contributed by atoms with Gasteiger partial charge in [-0.15, -0.1) is 0 Å². The lowest BCUT2D eigenvalue weighted by Crippen LogP contribution is -2.24. The first-order chi connectivity index (χ1) is 11.3. The topological polar surface area (TPSA) is 29.1 Å². The van der Waals surface area contributed by atoms with E-state index in [1.54, 1.807) is 0 Å². The molecular weight excluding hydrogens is 339 g/mol. The van der Waals surface area contributed by atoms with Crippen LogP contribution in [0.5, 0.6) is 0 Å². The van der Waals surface area contributed by atoms with Crippen molar-refractivity contribution >= 4 is 23.6 Å². The molecule has 2 nitrogen and oxygen atoms in total. The van der Waals surface area contributed by atoms with Crippen molar-refractivity contribution in [2.75, 3.05) is 0 Å². The molecule has 0 heterocycles. The number of alkyl halides is 3. The number of hydrogen-bond acceptors (Lipinski definition) is 1. The summed E-state index contributed by atoms with van der Waals surface area (Å²) < 4.78 is 38.4. The Kier molecular flexibility index (Phi) is 5.67. The van der Waals surface area contributed by atoms with Gasteiger partial charge in [0.05, 0.1) is 16.6 Å². The summed E-state index contributed by atoms with van der Waals surface area (Å²) in [6.45, 7) is 1.82. The quantitative estimate of drug-likeness (QED) is 0.747. The molecule has 1 unspecified atom stereocenters. The van der Waals surface area contributed by atoms with Gasteiger partial charge >= 0.3 is 6.18 Å². The second-order valence-electron chi connectivity index (χ2n) is 5.21. The minimum absolute atomic E-state index is 0.209. The third kappa shape index (κ3) is 4.86. The van der Waals surface area contributed by atoms with E-state index in [0.29, 0.717) is 0 Å². The molecule has 1 N–H and O–H groups in total. The molecule has 1 amide bonds. The first kappa shape index (κ1) is 18.1. The number of carbonyl (C=O) groups excluding carboxylic acids is 1. The fourth-order valence-electron chi connectivity index (χ4n) is 2.12. The van der Waals surface area contributed by atoms with Gasteiger partial charge in [0.1, 0.15) is 0 Å². The van der Waals surface area contributed by atoms with Crippen LogP contribution in [-0.2, 0) is 11.0 Å². The van der Waals surface area contributed by atoms with E-state index < -0.39 is 17.6 Å². The van der Waals surface area contributed by atoms with Gasteiger partial charge in [0.2, 0.25) is 5.91 Å². The number of amides is 1. The summed E-state index contributed by atoms with van der Waals surface area (Å²) in [7, 11) is 0. The Morgan fingerprint density at radius 2 is 1.83 bits per heavy atom. The van der Waals surface area contributed by atoms with Crippen LogP contribution in [-0.4, -0.2) is 5.91 Å². The van der Waals surface area contributed by atoms with E-state index in [-0.39, 0.29) is 16.6 Å². The molecule has 1 atom stereocenters. The summed E-state index contributed by atoms with van der Waals surface area (Å²) >= 11 is 5.56. The molecule has 0 aromatic heterocycles. The minimum Gasteiger partial charge on any atom is -0.346 e. The maximum absolute atomic E-state index is 12.8. The highest BCUT2D eigenvalue weighted by molar-refractivity contribution is 6.31. The second kappa shape index (κ2) is 7.53. The Labute approximate surface area is 142 Å². The highest BCUT2D eigenvalue weighted by Gasteiger charge is 2.33. The summed E-state index contributed by atoms with van der Waals surface area (Å²) in [4.78, 5) is 11.9. The van der Waals surface area contributed by atoms with Crippen molar-refractivity contribution in [1.82, 2.24) is 5.32 Å². The van der Waals surface area contributed by atoms with Gasteiger partial charge in [0.25, 0.3) is 0 Å². The number of halogens is 4. The van der Waals surface area contributed by atoms with E-state index in [1.807, 2.05) is 37.3 Å². The molecule has 2 aromatic carbocycles. The number of rotatable bonds is 4. The molecule has 6 heteroatoms. The normalized spacial score (nSPS) is 13.0. The van der Waals surface area contributed by atoms with Crippen molar-refractivity contribution < 1.29 is 18.0 Å². The van der Waals surface area contributed by atoms with E-state index in [1.165, 1.54) is 18.2 Å². The van der Waals surface area contributed by atoms with E-state index in [9.17, 15) is 18.0 Å². The highest BCUT2D eigenvalue weighted by Crippen LogP contribution is 2.35. The fourth-order valence-corrected chi connectivity index (χ4v) is 2.35. The van der Waals surface area contributed by atoms with Gasteiger partial charge < -0.3 is 5.32 Å². The second-order valence-corrected chi connectivity index (χ2v) is 5.62. The Morgan fingerprint density at radius 3 is 2.46 bits per heavy atom. The van der Waals surface area contributed by atoms with Gasteiger partial charge in [0.15, 0.2) is 0 Å². The summed E-state index contributed by atoms with van der Waals surface area (Å²) in [6, 6.07) is 12.6. The Bertz CT molecular complexity index is 742. The molecule has 0 spiro atoms. The molecule has 0 bridgehead atoms. The van der Waals surface area contributed by atoms with Crippen LogP contribution in [0.1, 0.15) is 29.7 Å². The fraction of sp³-hybridized carbons (Fsp3) is 0.167. The average Bonchev–Trinajstić information content (AvgIpc) is 2.53. The van der Waals surface area contributed by atoms with Crippen LogP contribution in [0, 0.1) is 0 Å². The lowest BCUT2D eigenvalue weighted by Gasteiger charge is -2.12. The SMILES string of the molecule is CC(NC(=O)/C=C/c1ccc(Cl)c(C(F)(F)F)c1)c1ccccc1. The Balaban J connectivity index is 2.07. The monoisotopic (exact) mass is 353 g/mol. The molecule has 0 saturated heterocycles. The van der Waals surface area contributed by atoms with Crippen LogP contribution < -0.4 is 5.32 Å². The van der Waals surface area contributed by atoms with Crippen molar-refractivity contribution in [2.45, 2.75) is 19.1 Å². The molecule has 0 aliphatic heterocycles. The maximum Gasteiger partial charge on any atom is 0.417 e. The first-order valence-corrected chi connectivity index (χ1v) is 7.55. The molecule has 2 aromatic rings. The molecule has 0 saturated carbocycles. The molecule has 126 valence electrons. The summed E-state index contributed by atoms with van der Waals surface area (Å²) in [5, 5.41) is 2.38. The van der Waals surface area contributed by atoms with Crippen molar-refractivity contribution in [3.63, 3.8) is 0 Å². The van der Waals surface area contributed by atoms with E-state index >= 15 is 0 Å². The highest BCUT2D eigenvalue weighted by atomic mass is 35.5. The van der Waals surface area contributed by atoms with Gasteiger partial charge in [-0.2, -0.15) is 13.2 Å². The minimum atomic E-state index is -4.54. The van der Waals surface area contributed by atoms with Crippen molar-refractivity contribution in [3.05, 3.63) is 76.3 Å². The zero-order valence-electron chi connectivity index (χ0n) is 12.8. The van der Waals surface area contributed by atoms with Crippen LogP contribution in [0.4, 0.5) is 13.2 Å². The molecule has 2 rings (SSSR count).